The first kappa shape index (κ1) is 15.1. The summed E-state index contributed by atoms with van der Waals surface area (Å²) in [7, 11) is -1.16. The molecule has 102 valence electrons. The molecule has 0 aliphatic carbocycles. The highest BCUT2D eigenvalue weighted by Gasteiger charge is 2.01. The monoisotopic (exact) mass is 271 g/mol. The van der Waals surface area contributed by atoms with Crippen molar-refractivity contribution in [1.29, 1.82) is 0 Å². The van der Waals surface area contributed by atoms with Crippen molar-refractivity contribution in [3.63, 3.8) is 0 Å². The molecule has 4 nitrogen and oxygen atoms in total. The van der Waals surface area contributed by atoms with Crippen LogP contribution in [0.3, 0.4) is 0 Å². The summed E-state index contributed by atoms with van der Waals surface area (Å²) in [5, 5.41) is 3.24. The highest BCUT2D eigenvalue weighted by molar-refractivity contribution is 7.90. The molecule has 0 heterocycles. The van der Waals surface area contributed by atoms with E-state index in [1.54, 1.807) is 7.11 Å². The van der Waals surface area contributed by atoms with Crippen molar-refractivity contribution in [2.75, 3.05) is 25.7 Å². The van der Waals surface area contributed by atoms with E-state index in [2.05, 4.69) is 11.4 Å². The maximum absolute atomic E-state index is 10.9. The first-order chi connectivity index (χ1) is 8.51. The van der Waals surface area contributed by atoms with E-state index in [-0.39, 0.29) is 5.75 Å². The zero-order chi connectivity index (χ0) is 13.4. The molecule has 0 radical (unpaired) electrons. The molecular weight excluding hydrogens is 250 g/mol. The zero-order valence-corrected chi connectivity index (χ0v) is 11.8. The summed E-state index contributed by atoms with van der Waals surface area (Å²) in [6.45, 7) is 2.07. The average molecular weight is 271 g/mol. The van der Waals surface area contributed by atoms with Crippen molar-refractivity contribution in [2.24, 2.45) is 0 Å². The van der Waals surface area contributed by atoms with E-state index in [9.17, 15) is 8.42 Å². The van der Waals surface area contributed by atoms with Crippen LogP contribution in [0.1, 0.15) is 17.5 Å². The van der Waals surface area contributed by atoms with E-state index in [1.807, 2.05) is 18.2 Å². The zero-order valence-electron chi connectivity index (χ0n) is 11.0. The van der Waals surface area contributed by atoms with E-state index in [0.717, 1.165) is 12.1 Å². The largest absolute Gasteiger partial charge is 0.380 e. The van der Waals surface area contributed by atoms with E-state index in [4.69, 9.17) is 4.74 Å². The molecular formula is C13H21NO3S. The van der Waals surface area contributed by atoms with Gasteiger partial charge in [-0.1, -0.05) is 24.3 Å². The van der Waals surface area contributed by atoms with Crippen molar-refractivity contribution >= 4 is 9.84 Å². The first-order valence-electron chi connectivity index (χ1n) is 5.96. The Kier molecular flexibility index (Phi) is 6.32. The lowest BCUT2D eigenvalue weighted by Gasteiger charge is -2.06. The third-order valence-electron chi connectivity index (χ3n) is 2.50. The predicted molar refractivity (Wildman–Crippen MR) is 73.2 cm³/mol. The van der Waals surface area contributed by atoms with Crippen LogP contribution < -0.4 is 5.32 Å². The molecule has 0 fully saturated rings. The van der Waals surface area contributed by atoms with E-state index in [1.165, 1.54) is 11.8 Å². The lowest BCUT2D eigenvalue weighted by Crippen LogP contribution is -2.17. The van der Waals surface area contributed by atoms with Gasteiger partial charge in [0.05, 0.1) is 12.4 Å². The Labute approximate surface area is 109 Å². The second-order valence-corrected chi connectivity index (χ2v) is 6.67. The fraction of sp³-hybridized carbons (Fsp3) is 0.538. The molecule has 1 aromatic rings. The number of benzene rings is 1. The molecule has 18 heavy (non-hydrogen) atoms. The number of rotatable bonds is 8. The third-order valence-corrected chi connectivity index (χ3v) is 3.53. The lowest BCUT2D eigenvalue weighted by atomic mass is 10.1. The van der Waals surface area contributed by atoms with Gasteiger partial charge < -0.3 is 10.1 Å². The Morgan fingerprint density at radius 1 is 1.28 bits per heavy atom. The molecule has 0 aliphatic heterocycles. The van der Waals surface area contributed by atoms with Crippen LogP contribution in [0.2, 0.25) is 0 Å². The van der Waals surface area contributed by atoms with Crippen molar-refractivity contribution in [3.05, 3.63) is 35.4 Å². The molecule has 0 saturated carbocycles. The molecule has 0 bridgehead atoms. The van der Waals surface area contributed by atoms with Gasteiger partial charge in [-0.2, -0.15) is 0 Å². The summed E-state index contributed by atoms with van der Waals surface area (Å²) in [5.41, 5.74) is 2.33. The first-order valence-corrected chi connectivity index (χ1v) is 8.02. The van der Waals surface area contributed by atoms with Crippen LogP contribution in [0.5, 0.6) is 0 Å². The average Bonchev–Trinajstić information content (AvgIpc) is 2.28. The normalized spacial score (nSPS) is 11.7. The Balaban J connectivity index is 2.28. The molecule has 1 N–H and O–H groups in total. The van der Waals surface area contributed by atoms with Gasteiger partial charge in [-0.25, -0.2) is 8.42 Å². The van der Waals surface area contributed by atoms with Crippen LogP contribution in [0.25, 0.3) is 0 Å². The minimum atomic E-state index is -2.84. The Hall–Kier alpha value is -0.910. The van der Waals surface area contributed by atoms with Gasteiger partial charge in [-0.05, 0) is 24.1 Å². The smallest absolute Gasteiger partial charge is 0.147 e. The number of sulfone groups is 1. The molecule has 0 aliphatic rings. The Morgan fingerprint density at radius 3 is 2.67 bits per heavy atom. The third kappa shape index (κ3) is 6.74. The van der Waals surface area contributed by atoms with Gasteiger partial charge in [0, 0.05) is 19.9 Å². The fourth-order valence-electron chi connectivity index (χ4n) is 1.69. The SMILES string of the molecule is COCc1cccc(CNCCCS(C)(=O)=O)c1. The van der Waals surface area contributed by atoms with Gasteiger partial charge >= 0.3 is 0 Å². The van der Waals surface area contributed by atoms with Crippen molar-refractivity contribution < 1.29 is 13.2 Å². The van der Waals surface area contributed by atoms with E-state index < -0.39 is 9.84 Å². The van der Waals surface area contributed by atoms with E-state index >= 15 is 0 Å². The fourth-order valence-corrected chi connectivity index (χ4v) is 2.36. The molecule has 0 spiro atoms. The Bertz CT molecular complexity index is 457. The van der Waals surface area contributed by atoms with Gasteiger partial charge in [0.1, 0.15) is 9.84 Å². The van der Waals surface area contributed by atoms with Gasteiger partial charge in [0.2, 0.25) is 0 Å². The van der Waals surface area contributed by atoms with Gasteiger partial charge in [-0.3, -0.25) is 0 Å². The maximum atomic E-state index is 10.9. The molecule has 5 heteroatoms. The van der Waals surface area contributed by atoms with Crippen LogP contribution in [-0.2, 0) is 27.7 Å². The standard InChI is InChI=1S/C13H21NO3S/c1-17-11-13-6-3-5-12(9-13)10-14-7-4-8-18(2,15)16/h3,5-6,9,14H,4,7-8,10-11H2,1-2H3. The highest BCUT2D eigenvalue weighted by Crippen LogP contribution is 2.06. The maximum Gasteiger partial charge on any atom is 0.147 e. The lowest BCUT2D eigenvalue weighted by molar-refractivity contribution is 0.185. The van der Waals surface area contributed by atoms with E-state index in [0.29, 0.717) is 19.6 Å². The summed E-state index contributed by atoms with van der Waals surface area (Å²) >= 11 is 0. The summed E-state index contributed by atoms with van der Waals surface area (Å²) < 4.78 is 27.0. The van der Waals surface area contributed by atoms with Crippen LogP contribution in [-0.4, -0.2) is 34.1 Å². The number of hydrogen-bond acceptors (Lipinski definition) is 4. The summed E-state index contributed by atoms with van der Waals surface area (Å²) in [5.74, 6) is 0.240. The molecule has 0 atom stereocenters. The van der Waals surface area contributed by atoms with Gasteiger partial charge in [-0.15, -0.1) is 0 Å². The van der Waals surface area contributed by atoms with Gasteiger partial charge in [0.15, 0.2) is 0 Å². The minimum Gasteiger partial charge on any atom is -0.380 e. The van der Waals surface area contributed by atoms with Gasteiger partial charge in [0.25, 0.3) is 0 Å². The molecule has 1 rings (SSSR count). The molecule has 0 unspecified atom stereocenters. The summed E-state index contributed by atoms with van der Waals surface area (Å²) in [6.07, 6.45) is 1.91. The summed E-state index contributed by atoms with van der Waals surface area (Å²) in [6, 6.07) is 8.16. The van der Waals surface area contributed by atoms with Crippen LogP contribution in [0, 0.1) is 0 Å². The van der Waals surface area contributed by atoms with Crippen molar-refractivity contribution in [2.45, 2.75) is 19.6 Å². The summed E-state index contributed by atoms with van der Waals surface area (Å²) in [4.78, 5) is 0. The van der Waals surface area contributed by atoms with Crippen molar-refractivity contribution in [1.82, 2.24) is 5.32 Å². The topological polar surface area (TPSA) is 55.4 Å². The Morgan fingerprint density at radius 2 is 2.00 bits per heavy atom. The quantitative estimate of drug-likeness (QED) is 0.725. The van der Waals surface area contributed by atoms with Crippen LogP contribution in [0.15, 0.2) is 24.3 Å². The highest BCUT2D eigenvalue weighted by atomic mass is 32.2. The molecule has 0 amide bonds. The van der Waals surface area contributed by atoms with Crippen LogP contribution >= 0.6 is 0 Å². The second kappa shape index (κ2) is 7.51. The second-order valence-electron chi connectivity index (χ2n) is 4.41. The minimum absolute atomic E-state index is 0.240. The molecule has 0 saturated heterocycles. The predicted octanol–water partition coefficient (Wildman–Crippen LogP) is 1.36. The van der Waals surface area contributed by atoms with Crippen molar-refractivity contribution in [3.8, 4) is 0 Å². The van der Waals surface area contributed by atoms with Crippen LogP contribution in [0.4, 0.5) is 0 Å². The number of hydrogen-bond donors (Lipinski definition) is 1. The number of nitrogens with one attached hydrogen (secondary N) is 1. The number of methoxy groups -OCH3 is 1. The number of ether oxygens (including phenoxy) is 1. The molecule has 1 aromatic carbocycles. The molecule has 0 aromatic heterocycles.